The number of ether oxygens (including phenoxy) is 2. The van der Waals surface area contributed by atoms with Gasteiger partial charge in [-0.15, -0.1) is 0 Å². The number of hydrogen-bond acceptors (Lipinski definition) is 9. The molecule has 3 atom stereocenters. The Bertz CT molecular complexity index is 1170. The molecule has 0 aliphatic rings. The summed E-state index contributed by atoms with van der Waals surface area (Å²) in [7, 11) is -4.64. The van der Waals surface area contributed by atoms with Crippen LogP contribution in [0.1, 0.15) is 136 Å². The second-order valence-corrected chi connectivity index (χ2v) is 14.4. The summed E-state index contributed by atoms with van der Waals surface area (Å²) in [6.45, 7) is 2.11. The van der Waals surface area contributed by atoms with Gasteiger partial charge in [-0.05, 0) is 77.0 Å². The molecular formula is C43H71O10P. The Morgan fingerprint density at radius 2 is 1.04 bits per heavy atom. The zero-order chi connectivity index (χ0) is 39.8. The van der Waals surface area contributed by atoms with E-state index in [0.717, 1.165) is 77.0 Å². The third kappa shape index (κ3) is 37.5. The monoisotopic (exact) mass is 778 g/mol. The number of allylic oxidation sites excluding steroid dienone is 14. The number of unbranched alkanes of at least 4 members (excludes halogenated alkanes) is 8. The van der Waals surface area contributed by atoms with Crippen molar-refractivity contribution < 1.29 is 47.8 Å². The first-order valence-electron chi connectivity index (χ1n) is 20.0. The predicted molar refractivity (Wildman–Crippen MR) is 219 cm³/mol. The fourth-order valence-corrected chi connectivity index (χ4v) is 5.48. The van der Waals surface area contributed by atoms with Crippen molar-refractivity contribution in [1.82, 2.24) is 0 Å². The molecule has 54 heavy (non-hydrogen) atoms. The molecule has 0 fully saturated rings. The van der Waals surface area contributed by atoms with Gasteiger partial charge in [0, 0.05) is 12.8 Å². The molecule has 0 aliphatic heterocycles. The summed E-state index contributed by atoms with van der Waals surface area (Å²) in [4.78, 5) is 34.9. The topological polar surface area (TPSA) is 149 Å². The Labute approximate surface area is 326 Å². The SMILES string of the molecule is CC/C=C\C/C=C\C/C=C\C/C=C\C/C=C\CCCC(=O)OC(COC(=O)CCCCCCC/C=C\C/C=C\CCCC)COP(=O)(O)OCC(O)CO. The van der Waals surface area contributed by atoms with Gasteiger partial charge in [0.1, 0.15) is 12.7 Å². The van der Waals surface area contributed by atoms with Gasteiger partial charge in [-0.3, -0.25) is 18.6 Å². The number of aliphatic hydroxyl groups is 2. The minimum absolute atomic E-state index is 0.0978. The molecule has 308 valence electrons. The van der Waals surface area contributed by atoms with E-state index >= 15 is 0 Å². The van der Waals surface area contributed by atoms with Gasteiger partial charge in [0.05, 0.1) is 19.8 Å². The Morgan fingerprint density at radius 3 is 1.59 bits per heavy atom. The fraction of sp³-hybridized carbons (Fsp3) is 0.628. The molecule has 0 bridgehead atoms. The molecule has 0 saturated carbocycles. The van der Waals surface area contributed by atoms with Crippen molar-refractivity contribution in [1.29, 1.82) is 0 Å². The zero-order valence-corrected chi connectivity index (χ0v) is 34.0. The highest BCUT2D eigenvalue weighted by Crippen LogP contribution is 2.43. The van der Waals surface area contributed by atoms with Crippen molar-refractivity contribution in [3.63, 3.8) is 0 Å². The summed E-state index contributed by atoms with van der Waals surface area (Å²) < 4.78 is 32.6. The molecule has 0 aromatic heterocycles. The number of aliphatic hydroxyl groups excluding tert-OH is 2. The largest absolute Gasteiger partial charge is 0.472 e. The molecule has 0 radical (unpaired) electrons. The van der Waals surface area contributed by atoms with Gasteiger partial charge in [0.15, 0.2) is 6.10 Å². The number of phosphoric ester groups is 1. The number of esters is 2. The minimum atomic E-state index is -4.64. The average Bonchev–Trinajstić information content (AvgIpc) is 3.16. The van der Waals surface area contributed by atoms with Crippen molar-refractivity contribution >= 4 is 19.8 Å². The van der Waals surface area contributed by atoms with Crippen LogP contribution in [0.3, 0.4) is 0 Å². The van der Waals surface area contributed by atoms with E-state index in [4.69, 9.17) is 19.1 Å². The van der Waals surface area contributed by atoms with Crippen LogP contribution in [0.25, 0.3) is 0 Å². The summed E-state index contributed by atoms with van der Waals surface area (Å²) in [5, 5.41) is 18.3. The summed E-state index contributed by atoms with van der Waals surface area (Å²) in [5.74, 6) is -1.02. The second-order valence-electron chi connectivity index (χ2n) is 12.9. The highest BCUT2D eigenvalue weighted by Gasteiger charge is 2.27. The van der Waals surface area contributed by atoms with Crippen molar-refractivity contribution in [2.75, 3.05) is 26.4 Å². The highest BCUT2D eigenvalue weighted by molar-refractivity contribution is 7.47. The lowest BCUT2D eigenvalue weighted by Gasteiger charge is -2.20. The van der Waals surface area contributed by atoms with Crippen LogP contribution in [-0.4, -0.2) is 65.7 Å². The number of phosphoric acid groups is 1. The van der Waals surface area contributed by atoms with Gasteiger partial charge in [-0.25, -0.2) is 4.57 Å². The van der Waals surface area contributed by atoms with Crippen LogP contribution in [0.15, 0.2) is 85.1 Å². The van der Waals surface area contributed by atoms with Crippen molar-refractivity contribution in [2.45, 2.75) is 148 Å². The molecule has 0 amide bonds. The molecular weight excluding hydrogens is 707 g/mol. The lowest BCUT2D eigenvalue weighted by molar-refractivity contribution is -0.161. The maximum absolute atomic E-state index is 12.6. The van der Waals surface area contributed by atoms with Gasteiger partial charge in [-0.1, -0.05) is 131 Å². The molecule has 0 aromatic rings. The van der Waals surface area contributed by atoms with Gasteiger partial charge in [0.25, 0.3) is 0 Å². The highest BCUT2D eigenvalue weighted by atomic mass is 31.2. The Balaban J connectivity index is 4.49. The third-order valence-corrected chi connectivity index (χ3v) is 8.73. The van der Waals surface area contributed by atoms with Crippen LogP contribution >= 0.6 is 7.82 Å². The molecule has 0 rings (SSSR count). The number of carbonyl (C=O) groups is 2. The quantitative estimate of drug-likeness (QED) is 0.0243. The standard InChI is InChI=1S/C43H71O10P/c1-3-5-7-9-11-13-15-17-19-20-21-23-25-27-29-31-33-35-43(47)53-41(39-52-54(48,49)51-37-40(45)36-44)38-50-42(46)34-32-30-28-26-24-22-18-16-14-12-10-8-6-4-2/h5,7,10-13,16-19,21,23,27,29,40-41,44-45H,3-4,6,8-9,14-15,20,22,24-26,28,30-39H2,1-2H3,(H,48,49)/b7-5-,12-10-,13-11-,18-16-,19-17-,23-21-,29-27-. The van der Waals surface area contributed by atoms with E-state index in [-0.39, 0.29) is 19.4 Å². The molecule has 0 spiro atoms. The van der Waals surface area contributed by atoms with E-state index in [1.54, 1.807) is 0 Å². The van der Waals surface area contributed by atoms with Crippen molar-refractivity contribution in [2.24, 2.45) is 0 Å². The lowest BCUT2D eigenvalue weighted by atomic mass is 10.1. The zero-order valence-electron chi connectivity index (χ0n) is 33.1. The summed E-state index contributed by atoms with van der Waals surface area (Å²) in [5.41, 5.74) is 0. The molecule has 0 saturated heterocycles. The first kappa shape index (κ1) is 51.1. The molecule has 0 heterocycles. The second kappa shape index (κ2) is 38.4. The van der Waals surface area contributed by atoms with Gasteiger partial charge < -0.3 is 24.6 Å². The molecule has 3 N–H and O–H groups in total. The van der Waals surface area contributed by atoms with Gasteiger partial charge in [-0.2, -0.15) is 0 Å². The molecule has 0 aromatic carbocycles. The first-order chi connectivity index (χ1) is 26.2. The maximum Gasteiger partial charge on any atom is 0.472 e. The maximum atomic E-state index is 12.6. The molecule has 3 unspecified atom stereocenters. The van der Waals surface area contributed by atoms with E-state index in [1.807, 2.05) is 12.2 Å². The lowest BCUT2D eigenvalue weighted by Crippen LogP contribution is -2.29. The molecule has 11 heteroatoms. The number of carbonyl (C=O) groups excluding carboxylic acids is 2. The Hall–Kier alpha value is -2.85. The Morgan fingerprint density at radius 1 is 0.574 bits per heavy atom. The van der Waals surface area contributed by atoms with Crippen molar-refractivity contribution in [3.05, 3.63) is 85.1 Å². The van der Waals surface area contributed by atoms with Crippen LogP contribution in [0, 0.1) is 0 Å². The van der Waals surface area contributed by atoms with Crippen LogP contribution < -0.4 is 0 Å². The Kier molecular flexibility index (Phi) is 36.4. The molecule has 10 nitrogen and oxygen atoms in total. The van der Waals surface area contributed by atoms with E-state index < -0.39 is 51.8 Å². The van der Waals surface area contributed by atoms with Crippen LogP contribution in [0.4, 0.5) is 0 Å². The summed E-state index contributed by atoms with van der Waals surface area (Å²) >= 11 is 0. The van der Waals surface area contributed by atoms with Crippen molar-refractivity contribution in [3.8, 4) is 0 Å². The summed E-state index contributed by atoms with van der Waals surface area (Å²) in [6, 6.07) is 0. The van der Waals surface area contributed by atoms with Gasteiger partial charge >= 0.3 is 19.8 Å². The molecule has 0 aliphatic carbocycles. The third-order valence-electron chi connectivity index (χ3n) is 7.78. The van der Waals surface area contributed by atoms with E-state index in [2.05, 4.69) is 91.3 Å². The van der Waals surface area contributed by atoms with E-state index in [1.165, 1.54) is 12.8 Å². The van der Waals surface area contributed by atoms with Crippen LogP contribution in [-0.2, 0) is 32.7 Å². The van der Waals surface area contributed by atoms with E-state index in [0.29, 0.717) is 19.3 Å². The average molecular weight is 779 g/mol. The van der Waals surface area contributed by atoms with Gasteiger partial charge in [0.2, 0.25) is 0 Å². The van der Waals surface area contributed by atoms with Crippen LogP contribution in [0.5, 0.6) is 0 Å². The normalized spacial score (nSPS) is 14.8. The minimum Gasteiger partial charge on any atom is -0.462 e. The summed E-state index contributed by atoms with van der Waals surface area (Å²) in [6.07, 6.45) is 44.1. The van der Waals surface area contributed by atoms with Crippen LogP contribution in [0.2, 0.25) is 0 Å². The number of rotatable bonds is 36. The first-order valence-corrected chi connectivity index (χ1v) is 21.5. The smallest absolute Gasteiger partial charge is 0.462 e. The van der Waals surface area contributed by atoms with E-state index in [9.17, 15) is 24.2 Å². The predicted octanol–water partition coefficient (Wildman–Crippen LogP) is 10.3. The number of hydrogen-bond donors (Lipinski definition) is 3. The fourth-order valence-electron chi connectivity index (χ4n) is 4.69.